The second kappa shape index (κ2) is 9.55. The molecular weight excluding hydrogens is 355 g/mol. The van der Waals surface area contributed by atoms with Gasteiger partial charge >= 0.3 is 6.03 Å². The first-order valence-corrected chi connectivity index (χ1v) is 9.85. The van der Waals surface area contributed by atoms with Crippen molar-refractivity contribution in [1.29, 1.82) is 0 Å². The summed E-state index contributed by atoms with van der Waals surface area (Å²) in [5, 5.41) is 5.82. The Bertz CT molecular complexity index is 765. The van der Waals surface area contributed by atoms with Gasteiger partial charge in [0, 0.05) is 44.1 Å². The zero-order chi connectivity index (χ0) is 19.9. The van der Waals surface area contributed by atoms with Crippen molar-refractivity contribution >= 4 is 17.4 Å². The molecule has 0 aromatic heterocycles. The first-order valence-electron chi connectivity index (χ1n) is 9.85. The number of aryl methyl sites for hydroxylation is 2. The Kier molecular flexibility index (Phi) is 6.87. The predicted molar refractivity (Wildman–Crippen MR) is 113 cm³/mol. The van der Waals surface area contributed by atoms with Crippen LogP contribution in [0.4, 0.5) is 20.6 Å². The minimum Gasteiger partial charge on any atom is -0.369 e. The molecule has 28 heavy (non-hydrogen) atoms. The van der Waals surface area contributed by atoms with Crippen LogP contribution in [0.15, 0.2) is 42.5 Å². The van der Waals surface area contributed by atoms with Crippen LogP contribution in [0.1, 0.15) is 17.5 Å². The molecular formula is C22H29FN4O. The lowest BCUT2D eigenvalue weighted by Gasteiger charge is -2.36. The van der Waals surface area contributed by atoms with E-state index in [1.54, 1.807) is 0 Å². The van der Waals surface area contributed by atoms with E-state index in [1.165, 1.54) is 12.1 Å². The third-order valence-electron chi connectivity index (χ3n) is 4.98. The zero-order valence-electron chi connectivity index (χ0n) is 16.7. The molecule has 0 radical (unpaired) electrons. The number of benzene rings is 2. The molecule has 0 spiro atoms. The Hall–Kier alpha value is -2.60. The van der Waals surface area contributed by atoms with E-state index in [-0.39, 0.29) is 11.8 Å². The summed E-state index contributed by atoms with van der Waals surface area (Å²) in [5.74, 6) is -0.198. The van der Waals surface area contributed by atoms with Gasteiger partial charge in [-0.05, 0) is 74.3 Å². The van der Waals surface area contributed by atoms with Gasteiger partial charge in [-0.1, -0.05) is 6.07 Å². The number of hydrogen-bond donors (Lipinski definition) is 2. The van der Waals surface area contributed by atoms with Crippen molar-refractivity contribution in [3.05, 3.63) is 59.4 Å². The summed E-state index contributed by atoms with van der Waals surface area (Å²) >= 11 is 0. The van der Waals surface area contributed by atoms with Crippen LogP contribution >= 0.6 is 0 Å². The van der Waals surface area contributed by atoms with Crippen LogP contribution in [0.25, 0.3) is 0 Å². The number of piperazine rings is 1. The van der Waals surface area contributed by atoms with Gasteiger partial charge in [0.05, 0.1) is 0 Å². The summed E-state index contributed by atoms with van der Waals surface area (Å²) in [6.07, 6.45) is 0.914. The van der Waals surface area contributed by atoms with Gasteiger partial charge in [-0.2, -0.15) is 0 Å². The number of hydrogen-bond acceptors (Lipinski definition) is 3. The molecule has 1 aliphatic rings. The van der Waals surface area contributed by atoms with Gasteiger partial charge in [-0.15, -0.1) is 0 Å². The van der Waals surface area contributed by atoms with Crippen LogP contribution in [0.2, 0.25) is 0 Å². The Balaban J connectivity index is 1.32. The smallest absolute Gasteiger partial charge is 0.319 e. The van der Waals surface area contributed by atoms with E-state index < -0.39 is 0 Å². The molecule has 1 heterocycles. The van der Waals surface area contributed by atoms with E-state index >= 15 is 0 Å². The first kappa shape index (κ1) is 20.1. The molecule has 1 aliphatic heterocycles. The van der Waals surface area contributed by atoms with Gasteiger partial charge in [0.15, 0.2) is 0 Å². The summed E-state index contributed by atoms with van der Waals surface area (Å²) in [4.78, 5) is 16.7. The van der Waals surface area contributed by atoms with Gasteiger partial charge in [0.2, 0.25) is 0 Å². The predicted octanol–water partition coefficient (Wildman–Crippen LogP) is 3.78. The fraction of sp³-hybridized carbons (Fsp3) is 0.409. The second-order valence-electron chi connectivity index (χ2n) is 7.42. The number of amides is 2. The van der Waals surface area contributed by atoms with Crippen molar-refractivity contribution in [2.45, 2.75) is 20.3 Å². The van der Waals surface area contributed by atoms with Crippen molar-refractivity contribution < 1.29 is 9.18 Å². The van der Waals surface area contributed by atoms with Crippen LogP contribution in [0.3, 0.4) is 0 Å². The Morgan fingerprint density at radius 1 is 1.00 bits per heavy atom. The molecule has 2 aromatic rings. The third kappa shape index (κ3) is 5.96. The number of halogens is 1. The molecule has 2 N–H and O–H groups in total. The monoisotopic (exact) mass is 384 g/mol. The number of urea groups is 1. The summed E-state index contributed by atoms with van der Waals surface area (Å²) < 4.78 is 13.0. The van der Waals surface area contributed by atoms with Crippen LogP contribution in [0.5, 0.6) is 0 Å². The number of nitrogens with zero attached hydrogens (tertiary/aromatic N) is 2. The van der Waals surface area contributed by atoms with Crippen molar-refractivity contribution in [2.24, 2.45) is 0 Å². The van der Waals surface area contributed by atoms with Gasteiger partial charge in [-0.25, -0.2) is 9.18 Å². The lowest BCUT2D eigenvalue weighted by Crippen LogP contribution is -2.47. The quantitative estimate of drug-likeness (QED) is 0.745. The highest BCUT2D eigenvalue weighted by Gasteiger charge is 2.16. The SMILES string of the molecule is Cc1cc(C)cc(NC(=O)NCCCN2CCN(c3ccc(F)cc3)CC2)c1. The van der Waals surface area contributed by atoms with E-state index in [2.05, 4.69) is 26.5 Å². The number of carbonyl (C=O) groups excluding carboxylic acids is 1. The van der Waals surface area contributed by atoms with Crippen molar-refractivity contribution in [1.82, 2.24) is 10.2 Å². The van der Waals surface area contributed by atoms with Gasteiger partial charge < -0.3 is 15.5 Å². The summed E-state index contributed by atoms with van der Waals surface area (Å²) in [6, 6.07) is 12.5. The van der Waals surface area contributed by atoms with E-state index in [4.69, 9.17) is 0 Å². The van der Waals surface area contributed by atoms with Crippen LogP contribution in [0, 0.1) is 19.7 Å². The van der Waals surface area contributed by atoms with Crippen molar-refractivity contribution in [3.63, 3.8) is 0 Å². The normalized spacial score (nSPS) is 14.8. The van der Waals surface area contributed by atoms with Crippen LogP contribution in [-0.2, 0) is 0 Å². The molecule has 1 fully saturated rings. The molecule has 5 nitrogen and oxygen atoms in total. The Morgan fingerprint density at radius 3 is 2.29 bits per heavy atom. The van der Waals surface area contributed by atoms with Gasteiger partial charge in [0.25, 0.3) is 0 Å². The standard InChI is InChI=1S/C22H29FN4O/c1-17-14-18(2)16-20(15-17)25-22(28)24-8-3-9-26-10-12-27(13-11-26)21-6-4-19(23)5-7-21/h4-7,14-16H,3,8-13H2,1-2H3,(H2,24,25,28). The maximum atomic E-state index is 13.0. The maximum Gasteiger partial charge on any atom is 0.319 e. The average molecular weight is 384 g/mol. The largest absolute Gasteiger partial charge is 0.369 e. The Morgan fingerprint density at radius 2 is 1.64 bits per heavy atom. The molecule has 150 valence electrons. The lowest BCUT2D eigenvalue weighted by molar-refractivity contribution is 0.244. The zero-order valence-corrected chi connectivity index (χ0v) is 16.7. The topological polar surface area (TPSA) is 47.6 Å². The fourth-order valence-corrected chi connectivity index (χ4v) is 3.61. The number of carbonyl (C=O) groups is 1. The molecule has 0 unspecified atom stereocenters. The van der Waals surface area contributed by atoms with Gasteiger partial charge in [-0.3, -0.25) is 4.90 Å². The summed E-state index contributed by atoms with van der Waals surface area (Å²) in [6.45, 7) is 9.48. The van der Waals surface area contributed by atoms with Crippen LogP contribution < -0.4 is 15.5 Å². The highest BCUT2D eigenvalue weighted by Crippen LogP contribution is 2.17. The number of anilines is 2. The average Bonchev–Trinajstić information content (AvgIpc) is 2.65. The Labute approximate surface area is 166 Å². The summed E-state index contributed by atoms with van der Waals surface area (Å²) in [7, 11) is 0. The van der Waals surface area contributed by atoms with E-state index in [0.29, 0.717) is 6.54 Å². The second-order valence-corrected chi connectivity index (χ2v) is 7.42. The third-order valence-corrected chi connectivity index (χ3v) is 4.98. The van der Waals surface area contributed by atoms with E-state index in [0.717, 1.165) is 61.6 Å². The minimum atomic E-state index is -0.198. The summed E-state index contributed by atoms with van der Waals surface area (Å²) in [5.41, 5.74) is 4.17. The highest BCUT2D eigenvalue weighted by molar-refractivity contribution is 5.89. The lowest BCUT2D eigenvalue weighted by atomic mass is 10.1. The molecule has 2 amide bonds. The number of nitrogens with one attached hydrogen (secondary N) is 2. The molecule has 6 heteroatoms. The van der Waals surface area contributed by atoms with Gasteiger partial charge in [0.1, 0.15) is 5.82 Å². The molecule has 1 saturated heterocycles. The molecule has 0 atom stereocenters. The highest BCUT2D eigenvalue weighted by atomic mass is 19.1. The maximum absolute atomic E-state index is 13.0. The minimum absolute atomic E-state index is 0.161. The van der Waals surface area contributed by atoms with Crippen molar-refractivity contribution in [3.8, 4) is 0 Å². The van der Waals surface area contributed by atoms with Crippen molar-refractivity contribution in [2.75, 3.05) is 49.5 Å². The fourth-order valence-electron chi connectivity index (χ4n) is 3.61. The van der Waals surface area contributed by atoms with E-state index in [1.807, 2.05) is 38.1 Å². The molecule has 2 aromatic carbocycles. The molecule has 0 aliphatic carbocycles. The molecule has 3 rings (SSSR count). The molecule has 0 bridgehead atoms. The van der Waals surface area contributed by atoms with E-state index in [9.17, 15) is 9.18 Å². The first-order chi connectivity index (χ1) is 13.5. The number of rotatable bonds is 6. The molecule has 0 saturated carbocycles. The van der Waals surface area contributed by atoms with Crippen LogP contribution in [-0.4, -0.2) is 50.2 Å².